The van der Waals surface area contributed by atoms with E-state index >= 15 is 0 Å². The molecular formula is C19H38N2. The molecule has 0 radical (unpaired) electrons. The van der Waals surface area contributed by atoms with Gasteiger partial charge in [0.25, 0.3) is 0 Å². The molecule has 1 spiro atoms. The second kappa shape index (κ2) is 7.46. The highest BCUT2D eigenvalue weighted by Crippen LogP contribution is 2.46. The Labute approximate surface area is 132 Å². The van der Waals surface area contributed by atoms with Gasteiger partial charge in [0.05, 0.1) is 0 Å². The molecule has 1 aliphatic heterocycles. The molecule has 2 atom stereocenters. The molecule has 124 valence electrons. The third-order valence-electron chi connectivity index (χ3n) is 6.87. The molecule has 2 rings (SSSR count). The van der Waals surface area contributed by atoms with Crippen LogP contribution in [-0.4, -0.2) is 30.1 Å². The van der Waals surface area contributed by atoms with Crippen LogP contribution in [0.25, 0.3) is 0 Å². The molecule has 2 heteroatoms. The van der Waals surface area contributed by atoms with Crippen molar-refractivity contribution in [1.29, 1.82) is 0 Å². The first-order valence-corrected chi connectivity index (χ1v) is 9.55. The predicted molar refractivity (Wildman–Crippen MR) is 92.5 cm³/mol. The summed E-state index contributed by atoms with van der Waals surface area (Å²) in [5.41, 5.74) is 7.26. The lowest BCUT2D eigenvalue weighted by molar-refractivity contribution is -0.00854. The smallest absolute Gasteiger partial charge is 0.0331 e. The Morgan fingerprint density at radius 1 is 1.05 bits per heavy atom. The van der Waals surface area contributed by atoms with Crippen LogP contribution in [0.5, 0.6) is 0 Å². The third kappa shape index (κ3) is 3.82. The van der Waals surface area contributed by atoms with E-state index in [4.69, 9.17) is 5.73 Å². The largest absolute Gasteiger partial charge is 0.329 e. The van der Waals surface area contributed by atoms with Gasteiger partial charge in [-0.05, 0) is 62.9 Å². The molecule has 2 nitrogen and oxygen atoms in total. The van der Waals surface area contributed by atoms with Crippen LogP contribution in [-0.2, 0) is 0 Å². The van der Waals surface area contributed by atoms with Crippen LogP contribution in [0.4, 0.5) is 0 Å². The normalized spacial score (nSPS) is 27.4. The van der Waals surface area contributed by atoms with Crippen molar-refractivity contribution in [3.05, 3.63) is 0 Å². The van der Waals surface area contributed by atoms with Crippen LogP contribution in [0.15, 0.2) is 0 Å². The van der Waals surface area contributed by atoms with Crippen molar-refractivity contribution in [2.45, 2.75) is 90.5 Å². The Bertz CT molecular complexity index is 293. The summed E-state index contributed by atoms with van der Waals surface area (Å²) in [5.74, 6) is 0.791. The molecule has 0 aromatic rings. The van der Waals surface area contributed by atoms with Crippen LogP contribution >= 0.6 is 0 Å². The van der Waals surface area contributed by atoms with Crippen molar-refractivity contribution >= 4 is 0 Å². The molecule has 0 bridgehead atoms. The summed E-state index contributed by atoms with van der Waals surface area (Å²) < 4.78 is 0. The molecule has 1 heterocycles. The van der Waals surface area contributed by atoms with Gasteiger partial charge in [-0.15, -0.1) is 0 Å². The van der Waals surface area contributed by atoms with Crippen molar-refractivity contribution in [1.82, 2.24) is 4.90 Å². The lowest BCUT2D eigenvalue weighted by atomic mass is 9.67. The second-order valence-corrected chi connectivity index (χ2v) is 8.05. The van der Waals surface area contributed by atoms with Crippen LogP contribution in [0.2, 0.25) is 0 Å². The van der Waals surface area contributed by atoms with Gasteiger partial charge in [0, 0.05) is 12.1 Å². The van der Waals surface area contributed by atoms with E-state index in [2.05, 4.69) is 25.7 Å². The van der Waals surface area contributed by atoms with Gasteiger partial charge in [-0.3, -0.25) is 4.90 Å². The van der Waals surface area contributed by atoms with Crippen molar-refractivity contribution in [3.63, 3.8) is 0 Å². The molecule has 1 saturated carbocycles. The SMILES string of the molecule is CCC(C)CC(CC)(CN)N1CCC2(CCCCC2)CC1. The Kier molecular flexibility index (Phi) is 6.14. The molecule has 2 fully saturated rings. The quantitative estimate of drug-likeness (QED) is 0.777. The van der Waals surface area contributed by atoms with Crippen molar-refractivity contribution in [2.24, 2.45) is 17.1 Å². The van der Waals surface area contributed by atoms with Crippen LogP contribution in [0, 0.1) is 11.3 Å². The van der Waals surface area contributed by atoms with Gasteiger partial charge in [-0.1, -0.05) is 46.5 Å². The molecule has 2 aliphatic rings. The molecule has 2 N–H and O–H groups in total. The minimum atomic E-state index is 0.270. The van der Waals surface area contributed by atoms with Gasteiger partial charge in [0.2, 0.25) is 0 Å². The van der Waals surface area contributed by atoms with Crippen molar-refractivity contribution in [3.8, 4) is 0 Å². The van der Waals surface area contributed by atoms with Gasteiger partial charge in [0.1, 0.15) is 0 Å². The van der Waals surface area contributed by atoms with Gasteiger partial charge < -0.3 is 5.73 Å². The lowest BCUT2D eigenvalue weighted by Gasteiger charge is -2.52. The molecule has 21 heavy (non-hydrogen) atoms. The summed E-state index contributed by atoms with van der Waals surface area (Å²) in [4.78, 5) is 2.78. The molecule has 0 aromatic heterocycles. The van der Waals surface area contributed by atoms with E-state index in [1.807, 2.05) is 0 Å². The highest BCUT2D eigenvalue weighted by Gasteiger charge is 2.41. The first kappa shape index (κ1) is 17.3. The second-order valence-electron chi connectivity index (χ2n) is 8.05. The van der Waals surface area contributed by atoms with Gasteiger partial charge >= 0.3 is 0 Å². The van der Waals surface area contributed by atoms with E-state index in [-0.39, 0.29) is 5.54 Å². The standard InChI is InChI=1S/C19H38N2/c1-4-17(3)15-19(5-2,16-20)21-13-11-18(12-14-21)9-7-6-8-10-18/h17H,4-16,20H2,1-3H3. The maximum Gasteiger partial charge on any atom is 0.0331 e. The fourth-order valence-electron chi connectivity index (χ4n) is 4.90. The number of likely N-dealkylation sites (tertiary alicyclic amines) is 1. The van der Waals surface area contributed by atoms with Crippen molar-refractivity contribution in [2.75, 3.05) is 19.6 Å². The summed E-state index contributed by atoms with van der Waals surface area (Å²) in [6, 6.07) is 0. The highest BCUT2D eigenvalue weighted by molar-refractivity contribution is 4.97. The summed E-state index contributed by atoms with van der Waals surface area (Å²) in [6.07, 6.45) is 14.0. The Balaban J connectivity index is 1.99. The van der Waals surface area contributed by atoms with E-state index in [9.17, 15) is 0 Å². The van der Waals surface area contributed by atoms with E-state index in [1.165, 1.54) is 77.3 Å². The van der Waals surface area contributed by atoms with Crippen LogP contribution in [0.3, 0.4) is 0 Å². The zero-order chi connectivity index (χ0) is 15.3. The highest BCUT2D eigenvalue weighted by atomic mass is 15.2. The molecular weight excluding hydrogens is 256 g/mol. The molecule has 1 aliphatic carbocycles. The molecule has 1 saturated heterocycles. The number of piperidine rings is 1. The van der Waals surface area contributed by atoms with E-state index in [0.717, 1.165) is 12.5 Å². The fourth-order valence-corrected chi connectivity index (χ4v) is 4.90. The predicted octanol–water partition coefficient (Wildman–Crippen LogP) is 4.58. The Morgan fingerprint density at radius 2 is 1.67 bits per heavy atom. The molecule has 0 aromatic carbocycles. The van der Waals surface area contributed by atoms with E-state index < -0.39 is 0 Å². The van der Waals surface area contributed by atoms with E-state index in [1.54, 1.807) is 0 Å². The fraction of sp³-hybridized carbons (Fsp3) is 1.00. The maximum absolute atomic E-state index is 6.28. The van der Waals surface area contributed by atoms with Crippen LogP contribution in [0.1, 0.15) is 85.0 Å². The summed E-state index contributed by atoms with van der Waals surface area (Å²) >= 11 is 0. The van der Waals surface area contributed by atoms with Gasteiger partial charge in [-0.25, -0.2) is 0 Å². The Morgan fingerprint density at radius 3 is 2.14 bits per heavy atom. The van der Waals surface area contributed by atoms with Crippen LogP contribution < -0.4 is 5.73 Å². The monoisotopic (exact) mass is 294 g/mol. The average Bonchev–Trinajstić information content (AvgIpc) is 2.54. The topological polar surface area (TPSA) is 29.3 Å². The minimum Gasteiger partial charge on any atom is -0.329 e. The minimum absolute atomic E-state index is 0.270. The number of hydrogen-bond donors (Lipinski definition) is 1. The summed E-state index contributed by atoms with van der Waals surface area (Å²) in [6.45, 7) is 10.5. The maximum atomic E-state index is 6.28. The zero-order valence-electron chi connectivity index (χ0n) is 14.8. The first-order chi connectivity index (χ1) is 10.1. The number of rotatable bonds is 6. The lowest BCUT2D eigenvalue weighted by Crippen LogP contribution is -2.58. The first-order valence-electron chi connectivity index (χ1n) is 9.55. The average molecular weight is 295 g/mol. The van der Waals surface area contributed by atoms with Gasteiger partial charge in [-0.2, -0.15) is 0 Å². The third-order valence-corrected chi connectivity index (χ3v) is 6.87. The number of nitrogens with zero attached hydrogens (tertiary/aromatic N) is 1. The van der Waals surface area contributed by atoms with Crippen molar-refractivity contribution < 1.29 is 0 Å². The molecule has 2 unspecified atom stereocenters. The summed E-state index contributed by atoms with van der Waals surface area (Å²) in [7, 11) is 0. The molecule has 0 amide bonds. The number of hydrogen-bond acceptors (Lipinski definition) is 2. The number of nitrogens with two attached hydrogens (primary N) is 1. The Hall–Kier alpha value is -0.0800. The zero-order valence-corrected chi connectivity index (χ0v) is 14.8. The summed E-state index contributed by atoms with van der Waals surface area (Å²) in [5, 5.41) is 0. The van der Waals surface area contributed by atoms with E-state index in [0.29, 0.717) is 5.41 Å². The van der Waals surface area contributed by atoms with Gasteiger partial charge in [0.15, 0.2) is 0 Å².